The highest BCUT2D eigenvalue weighted by molar-refractivity contribution is 5.34. The van der Waals surface area contributed by atoms with Crippen molar-refractivity contribution in [1.82, 2.24) is 0 Å². The molecule has 0 bridgehead atoms. The van der Waals surface area contributed by atoms with Gasteiger partial charge < -0.3 is 0 Å². The number of hydrogen-bond donors (Lipinski definition) is 0. The van der Waals surface area contributed by atoms with Crippen LogP contribution in [0.15, 0.2) is 42.5 Å². The Morgan fingerprint density at radius 3 is 2.04 bits per heavy atom. The zero-order valence-electron chi connectivity index (χ0n) is 14.3. The van der Waals surface area contributed by atoms with Gasteiger partial charge in [-0.25, -0.2) is 0 Å². The Labute approximate surface area is 148 Å². The first-order valence-corrected chi connectivity index (χ1v) is 8.46. The molecule has 2 rings (SSSR count). The van der Waals surface area contributed by atoms with Gasteiger partial charge in [0.05, 0.1) is 11.1 Å². The molecule has 2 aromatic rings. The summed E-state index contributed by atoms with van der Waals surface area (Å²) in [5.41, 5.74) is 0.111. The van der Waals surface area contributed by atoms with Crippen molar-refractivity contribution in [3.8, 4) is 0 Å². The second-order valence-corrected chi connectivity index (χ2v) is 6.29. The third-order valence-electron chi connectivity index (χ3n) is 4.18. The van der Waals surface area contributed by atoms with Crippen LogP contribution in [0, 0.1) is 0 Å². The normalized spacial score (nSPS) is 12.4. The Kier molecular flexibility index (Phi) is 6.37. The van der Waals surface area contributed by atoms with Gasteiger partial charge in [-0.3, -0.25) is 0 Å². The predicted octanol–water partition coefficient (Wildman–Crippen LogP) is 6.85. The minimum absolute atomic E-state index is 0.169. The van der Waals surface area contributed by atoms with Crippen molar-refractivity contribution in [2.75, 3.05) is 0 Å². The Morgan fingerprint density at radius 2 is 1.42 bits per heavy atom. The monoisotopic (exact) mass is 374 g/mol. The minimum atomic E-state index is -4.43. The van der Waals surface area contributed by atoms with Crippen molar-refractivity contribution in [3.05, 3.63) is 70.3 Å². The van der Waals surface area contributed by atoms with Gasteiger partial charge in [0.15, 0.2) is 0 Å². The van der Waals surface area contributed by atoms with E-state index in [1.807, 2.05) is 6.92 Å². The maximum Gasteiger partial charge on any atom is 0.416 e. The van der Waals surface area contributed by atoms with Gasteiger partial charge >= 0.3 is 12.4 Å². The van der Waals surface area contributed by atoms with Crippen LogP contribution in [-0.4, -0.2) is 0 Å². The molecule has 0 atom stereocenters. The third kappa shape index (κ3) is 5.51. The van der Waals surface area contributed by atoms with Crippen molar-refractivity contribution in [2.24, 2.45) is 0 Å². The van der Waals surface area contributed by atoms with E-state index in [1.54, 1.807) is 12.1 Å². The molecule has 0 aliphatic carbocycles. The zero-order valence-corrected chi connectivity index (χ0v) is 14.3. The fourth-order valence-corrected chi connectivity index (χ4v) is 2.96. The van der Waals surface area contributed by atoms with E-state index < -0.39 is 23.5 Å². The smallest absolute Gasteiger partial charge is 0.166 e. The highest BCUT2D eigenvalue weighted by Gasteiger charge is 2.33. The fraction of sp³-hybridized carbons (Fsp3) is 0.400. The molecule has 0 aromatic heterocycles. The van der Waals surface area contributed by atoms with E-state index in [0.29, 0.717) is 24.8 Å². The molecule has 0 radical (unpaired) electrons. The average Bonchev–Trinajstić information content (AvgIpc) is 2.54. The van der Waals surface area contributed by atoms with Gasteiger partial charge in [-0.05, 0) is 54.5 Å². The van der Waals surface area contributed by atoms with Crippen LogP contribution in [0.5, 0.6) is 0 Å². The van der Waals surface area contributed by atoms with E-state index in [9.17, 15) is 26.3 Å². The van der Waals surface area contributed by atoms with Gasteiger partial charge in [0, 0.05) is 0 Å². The predicted molar refractivity (Wildman–Crippen MR) is 88.9 cm³/mol. The largest absolute Gasteiger partial charge is 0.416 e. The van der Waals surface area contributed by atoms with Gasteiger partial charge in [0.1, 0.15) is 0 Å². The number of benzene rings is 2. The number of halogens is 6. The molecule has 26 heavy (non-hydrogen) atoms. The highest BCUT2D eigenvalue weighted by atomic mass is 19.4. The summed E-state index contributed by atoms with van der Waals surface area (Å²) in [5.74, 6) is 0. The van der Waals surface area contributed by atoms with Crippen LogP contribution < -0.4 is 0 Å². The third-order valence-corrected chi connectivity index (χ3v) is 4.18. The lowest BCUT2D eigenvalue weighted by Gasteiger charge is -2.15. The Balaban J connectivity index is 2.12. The zero-order chi connectivity index (χ0) is 19.4. The molecule has 0 aliphatic heterocycles. The van der Waals surface area contributed by atoms with Gasteiger partial charge in [-0.2, -0.15) is 26.3 Å². The summed E-state index contributed by atoms with van der Waals surface area (Å²) in [4.78, 5) is 0. The number of alkyl halides is 6. The number of aryl methyl sites for hydroxylation is 3. The van der Waals surface area contributed by atoms with Crippen LogP contribution in [0.1, 0.15) is 47.6 Å². The molecule has 2 aromatic carbocycles. The van der Waals surface area contributed by atoms with Crippen molar-refractivity contribution < 1.29 is 26.3 Å². The maximum absolute atomic E-state index is 13.2. The van der Waals surface area contributed by atoms with Crippen molar-refractivity contribution in [3.63, 3.8) is 0 Å². The molecule has 0 N–H and O–H groups in total. The molecule has 0 aliphatic rings. The Hall–Kier alpha value is -1.98. The lowest BCUT2D eigenvalue weighted by molar-refractivity contribution is -0.138. The molecule has 0 unspecified atom stereocenters. The van der Waals surface area contributed by atoms with Crippen LogP contribution in [-0.2, 0) is 31.6 Å². The number of hydrogen-bond acceptors (Lipinski definition) is 0. The van der Waals surface area contributed by atoms with E-state index in [1.165, 1.54) is 12.1 Å². The standard InChI is InChI=1S/C20H20F6/c1-2-5-14-10-11-18(20(24,25)26)16(12-14)8-3-6-15-7-4-9-17(13-15)19(21,22)23/h4,7,9-13H,2-3,5-6,8H2,1H3. The summed E-state index contributed by atoms with van der Waals surface area (Å²) >= 11 is 0. The van der Waals surface area contributed by atoms with Crippen LogP contribution in [0.4, 0.5) is 26.3 Å². The fourth-order valence-electron chi connectivity index (χ4n) is 2.96. The topological polar surface area (TPSA) is 0 Å². The second kappa shape index (κ2) is 8.14. The lowest BCUT2D eigenvalue weighted by Crippen LogP contribution is -2.10. The van der Waals surface area contributed by atoms with Gasteiger partial charge in [-0.15, -0.1) is 0 Å². The molecule has 0 fully saturated rings. The second-order valence-electron chi connectivity index (χ2n) is 6.29. The quantitative estimate of drug-likeness (QED) is 0.485. The molecule has 6 heteroatoms. The summed E-state index contributed by atoms with van der Waals surface area (Å²) in [6.07, 6.45) is -6.53. The summed E-state index contributed by atoms with van der Waals surface area (Å²) in [5, 5.41) is 0. The van der Waals surface area contributed by atoms with Crippen molar-refractivity contribution >= 4 is 0 Å². The van der Waals surface area contributed by atoms with Gasteiger partial charge in [-0.1, -0.05) is 43.7 Å². The van der Waals surface area contributed by atoms with Gasteiger partial charge in [0.2, 0.25) is 0 Å². The van der Waals surface area contributed by atoms with Gasteiger partial charge in [0.25, 0.3) is 0 Å². The van der Waals surface area contributed by atoms with Crippen LogP contribution in [0.25, 0.3) is 0 Å². The summed E-state index contributed by atoms with van der Waals surface area (Å²) in [7, 11) is 0. The van der Waals surface area contributed by atoms with E-state index in [-0.39, 0.29) is 12.0 Å². The highest BCUT2D eigenvalue weighted by Crippen LogP contribution is 2.34. The molecule has 0 spiro atoms. The van der Waals surface area contributed by atoms with E-state index in [0.717, 1.165) is 30.2 Å². The molecule has 0 saturated heterocycles. The van der Waals surface area contributed by atoms with E-state index >= 15 is 0 Å². The SMILES string of the molecule is CCCc1ccc(C(F)(F)F)c(CCCc2cccc(C(F)(F)F)c2)c1. The summed E-state index contributed by atoms with van der Waals surface area (Å²) in [6.45, 7) is 1.95. The summed E-state index contributed by atoms with van der Waals surface area (Å²) < 4.78 is 77.7. The van der Waals surface area contributed by atoms with Crippen molar-refractivity contribution in [2.45, 2.75) is 51.4 Å². The molecule has 0 saturated carbocycles. The Bertz CT molecular complexity index is 728. The molecule has 0 heterocycles. The molecular formula is C20H20F6. The molecule has 142 valence electrons. The molecular weight excluding hydrogens is 354 g/mol. The van der Waals surface area contributed by atoms with Crippen molar-refractivity contribution in [1.29, 1.82) is 0 Å². The van der Waals surface area contributed by atoms with E-state index in [2.05, 4.69) is 0 Å². The average molecular weight is 374 g/mol. The summed E-state index contributed by atoms with van der Waals surface area (Å²) in [6, 6.07) is 9.08. The van der Waals surface area contributed by atoms with Crippen LogP contribution >= 0.6 is 0 Å². The lowest BCUT2D eigenvalue weighted by atomic mass is 9.95. The van der Waals surface area contributed by atoms with E-state index in [4.69, 9.17) is 0 Å². The molecule has 0 amide bonds. The number of rotatable bonds is 6. The molecule has 0 nitrogen and oxygen atoms in total. The Morgan fingerprint density at radius 1 is 0.731 bits per heavy atom. The first kappa shape index (κ1) is 20.3. The minimum Gasteiger partial charge on any atom is -0.166 e. The first-order valence-electron chi connectivity index (χ1n) is 8.46. The van der Waals surface area contributed by atoms with Crippen LogP contribution in [0.2, 0.25) is 0 Å². The maximum atomic E-state index is 13.2. The van der Waals surface area contributed by atoms with Crippen LogP contribution in [0.3, 0.4) is 0 Å². The first-order chi connectivity index (χ1) is 12.1.